The summed E-state index contributed by atoms with van der Waals surface area (Å²) in [6.45, 7) is 39.0. The highest BCUT2D eigenvalue weighted by Gasteiger charge is 2.32. The van der Waals surface area contributed by atoms with Crippen molar-refractivity contribution < 1.29 is 0 Å². The molecule has 3 rings (SSSR count). The Morgan fingerprint density at radius 1 is 0.475 bits per heavy atom. The van der Waals surface area contributed by atoms with Crippen molar-refractivity contribution in [2.45, 2.75) is 165 Å². The molecule has 0 heterocycles. The number of benzene rings is 2. The van der Waals surface area contributed by atoms with Crippen molar-refractivity contribution in [3.63, 3.8) is 0 Å². The first kappa shape index (κ1) is 36.5. The smallest absolute Gasteiger partial charge is 0.0132 e. The lowest BCUT2D eigenvalue weighted by atomic mass is 9.65. The molecule has 0 atom stereocenters. The molecule has 0 radical (unpaired) electrons. The average molecular weight is 549 g/mol. The molecular formula is C40H68. The maximum absolute atomic E-state index is 2.41. The summed E-state index contributed by atoms with van der Waals surface area (Å²) in [4.78, 5) is 0. The summed E-state index contributed by atoms with van der Waals surface area (Å²) in [6.07, 6.45) is 5.73. The summed E-state index contributed by atoms with van der Waals surface area (Å²) in [6, 6.07) is 17.9. The van der Waals surface area contributed by atoms with Gasteiger partial charge in [0.1, 0.15) is 0 Å². The van der Waals surface area contributed by atoms with E-state index < -0.39 is 0 Å². The molecule has 0 bridgehead atoms. The van der Waals surface area contributed by atoms with Crippen LogP contribution in [0.25, 0.3) is 0 Å². The second-order valence-corrected chi connectivity index (χ2v) is 18.5. The van der Waals surface area contributed by atoms with Crippen molar-refractivity contribution in [3.05, 3.63) is 70.8 Å². The highest BCUT2D eigenvalue weighted by atomic mass is 14.4. The molecule has 0 nitrogen and oxygen atoms in total. The molecule has 2 aromatic carbocycles. The number of hydrogen-bond acceptors (Lipinski definition) is 0. The zero-order valence-electron chi connectivity index (χ0n) is 30.0. The molecule has 0 unspecified atom stereocenters. The van der Waals surface area contributed by atoms with Crippen molar-refractivity contribution >= 4 is 0 Å². The fraction of sp³-hybridized carbons (Fsp3) is 0.700. The summed E-state index contributed by atoms with van der Waals surface area (Å²) >= 11 is 0. The minimum Gasteiger partial charge on any atom is -0.0617 e. The summed E-state index contributed by atoms with van der Waals surface area (Å²) in [5.41, 5.74) is 7.85. The normalized spacial score (nSPS) is 16.8. The lowest BCUT2D eigenvalue weighted by Crippen LogP contribution is -2.29. The Morgan fingerprint density at radius 2 is 0.775 bits per heavy atom. The van der Waals surface area contributed by atoms with Crippen LogP contribution in [0.4, 0.5) is 0 Å². The average Bonchev–Trinajstić information content (AvgIpc) is 2.77. The molecule has 1 saturated carbocycles. The maximum atomic E-state index is 2.41. The predicted molar refractivity (Wildman–Crippen MR) is 183 cm³/mol. The van der Waals surface area contributed by atoms with Crippen LogP contribution >= 0.6 is 0 Å². The lowest BCUT2D eigenvalue weighted by Gasteiger charge is -2.40. The van der Waals surface area contributed by atoms with Crippen LogP contribution in [-0.2, 0) is 21.7 Å². The first-order valence-corrected chi connectivity index (χ1v) is 16.0. The fourth-order valence-electron chi connectivity index (χ4n) is 5.19. The van der Waals surface area contributed by atoms with Gasteiger partial charge >= 0.3 is 0 Å². The molecule has 0 aliphatic heterocycles. The molecule has 0 heteroatoms. The highest BCUT2D eigenvalue weighted by molar-refractivity contribution is 5.32. The standard InChI is InChI=1S/2C14H22.C12H24/c1-13(2,3)11-7-9-12(10-8-11)14(4,5)6;1-13(2,3)11-8-7-9-12(10-11)14(4,5)6;1-11(2,3)10-6-8-12(4,5)9-7-10/h2*7-10H,1-6H3;10H,6-9H2,1-5H3. The molecule has 2 aromatic rings. The van der Waals surface area contributed by atoms with E-state index in [0.717, 1.165) is 5.92 Å². The van der Waals surface area contributed by atoms with E-state index in [9.17, 15) is 0 Å². The van der Waals surface area contributed by atoms with E-state index in [2.05, 4.69) is 166 Å². The minimum atomic E-state index is 0.251. The number of rotatable bonds is 0. The van der Waals surface area contributed by atoms with Gasteiger partial charge in [-0.3, -0.25) is 0 Å². The second kappa shape index (κ2) is 13.2. The molecule has 0 amide bonds. The third kappa shape index (κ3) is 12.5. The Balaban J connectivity index is 0.000000301. The molecule has 40 heavy (non-hydrogen) atoms. The van der Waals surface area contributed by atoms with Crippen LogP contribution in [0.2, 0.25) is 0 Å². The second-order valence-electron chi connectivity index (χ2n) is 18.5. The van der Waals surface area contributed by atoms with Crippen molar-refractivity contribution in [1.82, 2.24) is 0 Å². The Labute approximate surface area is 252 Å². The molecular weight excluding hydrogens is 480 g/mol. The van der Waals surface area contributed by atoms with Gasteiger partial charge in [0.25, 0.3) is 0 Å². The Hall–Kier alpha value is -1.56. The third-order valence-corrected chi connectivity index (χ3v) is 8.78. The van der Waals surface area contributed by atoms with Gasteiger partial charge in [-0.15, -0.1) is 0 Å². The van der Waals surface area contributed by atoms with Gasteiger partial charge in [0.2, 0.25) is 0 Å². The molecule has 1 aliphatic carbocycles. The first-order chi connectivity index (χ1) is 17.7. The van der Waals surface area contributed by atoms with Crippen LogP contribution in [0.15, 0.2) is 48.5 Å². The third-order valence-electron chi connectivity index (χ3n) is 8.78. The summed E-state index contributed by atoms with van der Waals surface area (Å²) in [7, 11) is 0. The zero-order chi connectivity index (χ0) is 31.4. The van der Waals surface area contributed by atoms with Crippen LogP contribution in [0.3, 0.4) is 0 Å². The van der Waals surface area contributed by atoms with E-state index in [1.807, 2.05) is 0 Å². The van der Waals surface area contributed by atoms with E-state index in [1.165, 1.54) is 47.9 Å². The molecule has 0 aromatic heterocycles. The van der Waals surface area contributed by atoms with Crippen LogP contribution in [0, 0.1) is 16.7 Å². The van der Waals surface area contributed by atoms with Crippen LogP contribution in [-0.4, -0.2) is 0 Å². The van der Waals surface area contributed by atoms with Gasteiger partial charge in [-0.25, -0.2) is 0 Å². The van der Waals surface area contributed by atoms with Gasteiger partial charge in [0.05, 0.1) is 0 Å². The van der Waals surface area contributed by atoms with E-state index in [-0.39, 0.29) is 21.7 Å². The summed E-state index contributed by atoms with van der Waals surface area (Å²) < 4.78 is 0. The quantitative estimate of drug-likeness (QED) is 0.307. The van der Waals surface area contributed by atoms with Crippen molar-refractivity contribution in [2.24, 2.45) is 16.7 Å². The molecule has 0 spiro atoms. The van der Waals surface area contributed by atoms with Crippen molar-refractivity contribution in [3.8, 4) is 0 Å². The molecule has 1 fully saturated rings. The number of hydrogen-bond donors (Lipinski definition) is 0. The molecule has 0 N–H and O–H groups in total. The van der Waals surface area contributed by atoms with E-state index in [1.54, 1.807) is 0 Å². The Morgan fingerprint density at radius 3 is 1.02 bits per heavy atom. The van der Waals surface area contributed by atoms with Crippen LogP contribution < -0.4 is 0 Å². The van der Waals surface area contributed by atoms with Gasteiger partial charge in [0.15, 0.2) is 0 Å². The minimum absolute atomic E-state index is 0.251. The first-order valence-electron chi connectivity index (χ1n) is 16.0. The fourth-order valence-corrected chi connectivity index (χ4v) is 5.19. The van der Waals surface area contributed by atoms with E-state index in [0.29, 0.717) is 10.8 Å². The van der Waals surface area contributed by atoms with E-state index in [4.69, 9.17) is 0 Å². The van der Waals surface area contributed by atoms with Crippen molar-refractivity contribution in [1.29, 1.82) is 0 Å². The Kier molecular flexibility index (Phi) is 12.0. The maximum Gasteiger partial charge on any atom is -0.0132 e. The largest absolute Gasteiger partial charge is 0.0617 e. The summed E-state index contributed by atoms with van der Waals surface area (Å²) in [5.74, 6) is 0.963. The monoisotopic (exact) mass is 549 g/mol. The van der Waals surface area contributed by atoms with Gasteiger partial charge in [0, 0.05) is 0 Å². The molecule has 0 saturated heterocycles. The molecule has 1 aliphatic rings. The van der Waals surface area contributed by atoms with Gasteiger partial charge in [-0.2, -0.15) is 0 Å². The predicted octanol–water partition coefficient (Wildman–Crippen LogP) is 12.8. The zero-order valence-corrected chi connectivity index (χ0v) is 30.0. The van der Waals surface area contributed by atoms with Gasteiger partial charge in [-0.1, -0.05) is 166 Å². The van der Waals surface area contributed by atoms with Gasteiger partial charge in [-0.05, 0) is 86.3 Å². The lowest BCUT2D eigenvalue weighted by molar-refractivity contribution is 0.111. The SMILES string of the molecule is CC(C)(C)c1ccc(C(C)(C)C)cc1.CC(C)(C)c1cccc(C(C)(C)C)c1.CC1(C)CCC(C(C)(C)C)CC1. The van der Waals surface area contributed by atoms with E-state index >= 15 is 0 Å². The van der Waals surface area contributed by atoms with Crippen molar-refractivity contribution in [2.75, 3.05) is 0 Å². The molecule has 228 valence electrons. The topological polar surface area (TPSA) is 0 Å². The van der Waals surface area contributed by atoms with Gasteiger partial charge < -0.3 is 0 Å². The van der Waals surface area contributed by atoms with Crippen LogP contribution in [0.5, 0.6) is 0 Å². The Bertz CT molecular complexity index is 940. The summed E-state index contributed by atoms with van der Waals surface area (Å²) in [5, 5.41) is 0. The van der Waals surface area contributed by atoms with Crippen LogP contribution in [0.1, 0.15) is 166 Å². The highest BCUT2D eigenvalue weighted by Crippen LogP contribution is 2.44.